The number of nitrogens with zero attached hydrogens (tertiary/aromatic N) is 1. The van der Waals surface area contributed by atoms with E-state index < -0.39 is 0 Å². The van der Waals surface area contributed by atoms with Crippen molar-refractivity contribution >= 4 is 34.4 Å². The first-order valence-corrected chi connectivity index (χ1v) is 8.33. The summed E-state index contributed by atoms with van der Waals surface area (Å²) in [5, 5.41) is 2.72. The molecule has 1 fully saturated rings. The number of nitrogens with one attached hydrogen (secondary N) is 2. The molecular formula is C15H21IN3O2+. The Hall–Kier alpha value is -1.15. The minimum atomic E-state index is -0.189. The molecule has 1 heterocycles. The van der Waals surface area contributed by atoms with Gasteiger partial charge in [-0.05, 0) is 41.6 Å². The SMILES string of the molecule is CC[NH+]1CCN(C(=O)CNC(=O)c2ccccc2I)CC1. The van der Waals surface area contributed by atoms with Crippen LogP contribution in [-0.4, -0.2) is 56.0 Å². The van der Waals surface area contributed by atoms with Crippen LogP contribution in [0.4, 0.5) is 0 Å². The number of rotatable bonds is 4. The number of hydrogen-bond donors (Lipinski definition) is 2. The number of quaternary nitrogens is 1. The first-order chi connectivity index (χ1) is 10.1. The highest BCUT2D eigenvalue weighted by Crippen LogP contribution is 2.10. The van der Waals surface area contributed by atoms with Crippen LogP contribution in [0.25, 0.3) is 0 Å². The Morgan fingerprint density at radius 1 is 1.29 bits per heavy atom. The van der Waals surface area contributed by atoms with E-state index in [-0.39, 0.29) is 18.4 Å². The molecule has 1 saturated heterocycles. The first kappa shape index (κ1) is 16.2. The van der Waals surface area contributed by atoms with Crippen molar-refractivity contribution in [3.63, 3.8) is 0 Å². The molecule has 0 unspecified atom stereocenters. The molecule has 0 aliphatic carbocycles. The Morgan fingerprint density at radius 2 is 1.95 bits per heavy atom. The quantitative estimate of drug-likeness (QED) is 0.684. The van der Waals surface area contributed by atoms with Gasteiger partial charge in [-0.1, -0.05) is 12.1 Å². The fourth-order valence-electron chi connectivity index (χ4n) is 2.43. The molecule has 0 aromatic heterocycles. The maximum absolute atomic E-state index is 12.1. The topological polar surface area (TPSA) is 53.9 Å². The second kappa shape index (κ2) is 7.74. The summed E-state index contributed by atoms with van der Waals surface area (Å²) in [6.07, 6.45) is 0. The fraction of sp³-hybridized carbons (Fsp3) is 0.467. The van der Waals surface area contributed by atoms with Crippen LogP contribution in [0, 0.1) is 3.57 Å². The summed E-state index contributed by atoms with van der Waals surface area (Å²) in [5.74, 6) is -0.185. The summed E-state index contributed by atoms with van der Waals surface area (Å²) in [4.78, 5) is 27.5. The third-order valence-corrected chi connectivity index (χ3v) is 4.78. The Bertz CT molecular complexity index is 513. The van der Waals surface area contributed by atoms with Gasteiger partial charge in [0.2, 0.25) is 5.91 Å². The van der Waals surface area contributed by atoms with Gasteiger partial charge in [0.15, 0.2) is 0 Å². The molecule has 2 amide bonds. The van der Waals surface area contributed by atoms with Gasteiger partial charge in [0.1, 0.15) is 0 Å². The molecule has 0 spiro atoms. The zero-order valence-electron chi connectivity index (χ0n) is 12.2. The average Bonchev–Trinajstić information content (AvgIpc) is 2.52. The molecule has 5 nitrogen and oxygen atoms in total. The molecule has 1 aliphatic heterocycles. The molecule has 2 rings (SSSR count). The molecule has 21 heavy (non-hydrogen) atoms. The Morgan fingerprint density at radius 3 is 2.57 bits per heavy atom. The Labute approximate surface area is 138 Å². The normalized spacial score (nSPS) is 15.8. The average molecular weight is 402 g/mol. The zero-order chi connectivity index (χ0) is 15.2. The molecule has 1 aromatic carbocycles. The largest absolute Gasteiger partial charge is 0.343 e. The van der Waals surface area contributed by atoms with E-state index in [1.807, 2.05) is 23.1 Å². The molecule has 0 bridgehead atoms. The number of carbonyl (C=O) groups is 2. The van der Waals surface area contributed by atoms with Gasteiger partial charge >= 0.3 is 0 Å². The molecule has 1 aromatic rings. The van der Waals surface area contributed by atoms with E-state index in [1.165, 1.54) is 4.90 Å². The molecular weight excluding hydrogens is 381 g/mol. The van der Waals surface area contributed by atoms with Crippen molar-refractivity contribution in [1.29, 1.82) is 0 Å². The Balaban J connectivity index is 1.82. The van der Waals surface area contributed by atoms with Gasteiger partial charge in [-0.15, -0.1) is 0 Å². The van der Waals surface area contributed by atoms with Gasteiger partial charge in [0.05, 0.1) is 44.8 Å². The van der Waals surface area contributed by atoms with Crippen molar-refractivity contribution in [2.45, 2.75) is 6.92 Å². The van der Waals surface area contributed by atoms with Gasteiger partial charge in [0, 0.05) is 3.57 Å². The minimum absolute atomic E-state index is 0.00411. The number of benzene rings is 1. The zero-order valence-corrected chi connectivity index (χ0v) is 14.4. The van der Waals surface area contributed by atoms with E-state index in [1.54, 1.807) is 6.07 Å². The van der Waals surface area contributed by atoms with E-state index >= 15 is 0 Å². The lowest BCUT2D eigenvalue weighted by Gasteiger charge is -2.31. The highest BCUT2D eigenvalue weighted by Gasteiger charge is 2.22. The number of halogens is 1. The fourth-order valence-corrected chi connectivity index (χ4v) is 3.07. The third kappa shape index (κ3) is 4.41. The highest BCUT2D eigenvalue weighted by molar-refractivity contribution is 14.1. The molecule has 6 heteroatoms. The molecule has 114 valence electrons. The molecule has 0 atom stereocenters. The number of amides is 2. The maximum Gasteiger partial charge on any atom is 0.252 e. The van der Waals surface area contributed by atoms with Crippen molar-refractivity contribution in [3.05, 3.63) is 33.4 Å². The van der Waals surface area contributed by atoms with Crippen LogP contribution in [-0.2, 0) is 4.79 Å². The lowest BCUT2D eigenvalue weighted by atomic mass is 10.2. The van der Waals surface area contributed by atoms with Crippen molar-refractivity contribution in [2.24, 2.45) is 0 Å². The van der Waals surface area contributed by atoms with E-state index in [4.69, 9.17) is 0 Å². The van der Waals surface area contributed by atoms with Crippen LogP contribution in [0.5, 0.6) is 0 Å². The minimum Gasteiger partial charge on any atom is -0.343 e. The van der Waals surface area contributed by atoms with Gasteiger partial charge in [-0.2, -0.15) is 0 Å². The van der Waals surface area contributed by atoms with Crippen LogP contribution in [0.2, 0.25) is 0 Å². The lowest BCUT2D eigenvalue weighted by Crippen LogP contribution is -3.14. The predicted octanol–water partition coefficient (Wildman–Crippen LogP) is -0.232. The maximum atomic E-state index is 12.1. The van der Waals surface area contributed by atoms with Crippen LogP contribution < -0.4 is 10.2 Å². The summed E-state index contributed by atoms with van der Waals surface area (Å²) in [7, 11) is 0. The van der Waals surface area contributed by atoms with Crippen molar-refractivity contribution in [1.82, 2.24) is 10.2 Å². The summed E-state index contributed by atoms with van der Waals surface area (Å²) in [5.41, 5.74) is 0.617. The Kier molecular flexibility index (Phi) is 5.98. The van der Waals surface area contributed by atoms with Crippen molar-refractivity contribution in [2.75, 3.05) is 39.3 Å². The third-order valence-electron chi connectivity index (χ3n) is 3.84. The first-order valence-electron chi connectivity index (χ1n) is 7.26. The van der Waals surface area contributed by atoms with Crippen molar-refractivity contribution in [3.8, 4) is 0 Å². The van der Waals surface area contributed by atoms with Gasteiger partial charge in [-0.25, -0.2) is 0 Å². The standard InChI is InChI=1S/C15H20IN3O2/c1-2-18-7-9-19(10-8-18)14(20)11-17-15(21)12-5-3-4-6-13(12)16/h3-6H,2,7-11H2,1H3,(H,17,21)/p+1. The van der Waals surface area contributed by atoms with Crippen LogP contribution >= 0.6 is 22.6 Å². The summed E-state index contributed by atoms with van der Waals surface area (Å²) in [6, 6.07) is 7.36. The molecule has 0 radical (unpaired) electrons. The van der Waals surface area contributed by atoms with Gasteiger partial charge in [-0.3, -0.25) is 9.59 Å². The number of hydrogen-bond acceptors (Lipinski definition) is 2. The van der Waals surface area contributed by atoms with Crippen molar-refractivity contribution < 1.29 is 14.5 Å². The van der Waals surface area contributed by atoms with Gasteiger partial charge in [0.25, 0.3) is 5.91 Å². The van der Waals surface area contributed by atoms with E-state index in [0.717, 1.165) is 36.3 Å². The van der Waals surface area contributed by atoms with Crippen LogP contribution in [0.1, 0.15) is 17.3 Å². The summed E-state index contributed by atoms with van der Waals surface area (Å²) in [6.45, 7) is 6.88. The smallest absolute Gasteiger partial charge is 0.252 e. The number of piperazine rings is 1. The summed E-state index contributed by atoms with van der Waals surface area (Å²) >= 11 is 2.12. The van der Waals surface area contributed by atoms with Crippen LogP contribution in [0.3, 0.4) is 0 Å². The number of likely N-dealkylation sites (N-methyl/N-ethyl adjacent to an activating group) is 1. The monoisotopic (exact) mass is 402 g/mol. The molecule has 0 saturated carbocycles. The second-order valence-electron chi connectivity index (χ2n) is 5.15. The molecule has 2 N–H and O–H groups in total. The lowest BCUT2D eigenvalue weighted by molar-refractivity contribution is -0.902. The van der Waals surface area contributed by atoms with Crippen LogP contribution in [0.15, 0.2) is 24.3 Å². The predicted molar refractivity (Wildman–Crippen MR) is 89.3 cm³/mol. The molecule has 1 aliphatic rings. The number of carbonyl (C=O) groups excluding carboxylic acids is 2. The summed E-state index contributed by atoms with van der Waals surface area (Å²) < 4.78 is 0.889. The van der Waals surface area contributed by atoms with E-state index in [0.29, 0.717) is 5.56 Å². The van der Waals surface area contributed by atoms with E-state index in [2.05, 4.69) is 34.8 Å². The highest BCUT2D eigenvalue weighted by atomic mass is 127. The van der Waals surface area contributed by atoms with E-state index in [9.17, 15) is 9.59 Å². The van der Waals surface area contributed by atoms with Gasteiger partial charge < -0.3 is 15.1 Å². The second-order valence-corrected chi connectivity index (χ2v) is 6.31.